The molecule has 0 unspecified atom stereocenters. The summed E-state index contributed by atoms with van der Waals surface area (Å²) < 4.78 is 15.7. The van der Waals surface area contributed by atoms with Crippen LogP contribution in [0.4, 0.5) is 5.69 Å². The van der Waals surface area contributed by atoms with E-state index < -0.39 is 0 Å². The SMILES string of the molecule is CCNc1cc(Cl)c(OC)c(OC)c1OC. The molecule has 16 heavy (non-hydrogen) atoms. The van der Waals surface area contributed by atoms with E-state index in [9.17, 15) is 0 Å². The maximum atomic E-state index is 6.08. The smallest absolute Gasteiger partial charge is 0.207 e. The molecule has 0 aliphatic heterocycles. The summed E-state index contributed by atoms with van der Waals surface area (Å²) in [6.45, 7) is 2.76. The maximum absolute atomic E-state index is 6.08. The number of hydrogen-bond acceptors (Lipinski definition) is 4. The van der Waals surface area contributed by atoms with Gasteiger partial charge in [0.2, 0.25) is 5.75 Å². The van der Waals surface area contributed by atoms with Crippen LogP contribution in [0.2, 0.25) is 5.02 Å². The summed E-state index contributed by atoms with van der Waals surface area (Å²) in [6, 6.07) is 1.76. The summed E-state index contributed by atoms with van der Waals surface area (Å²) in [7, 11) is 4.66. The fourth-order valence-electron chi connectivity index (χ4n) is 1.49. The molecule has 0 heterocycles. The first-order valence-corrected chi connectivity index (χ1v) is 5.29. The maximum Gasteiger partial charge on any atom is 0.207 e. The zero-order valence-electron chi connectivity index (χ0n) is 9.89. The molecule has 0 saturated heterocycles. The molecule has 0 atom stereocenters. The number of hydrogen-bond donors (Lipinski definition) is 1. The van der Waals surface area contributed by atoms with E-state index in [2.05, 4.69) is 5.32 Å². The van der Waals surface area contributed by atoms with E-state index >= 15 is 0 Å². The van der Waals surface area contributed by atoms with Gasteiger partial charge < -0.3 is 19.5 Å². The monoisotopic (exact) mass is 245 g/mol. The van der Waals surface area contributed by atoms with Gasteiger partial charge in [0, 0.05) is 6.54 Å². The van der Waals surface area contributed by atoms with Crippen LogP contribution < -0.4 is 19.5 Å². The quantitative estimate of drug-likeness (QED) is 0.866. The van der Waals surface area contributed by atoms with Crippen molar-refractivity contribution in [1.29, 1.82) is 0 Å². The first-order chi connectivity index (χ1) is 7.69. The van der Waals surface area contributed by atoms with Gasteiger partial charge in [0.15, 0.2) is 11.5 Å². The van der Waals surface area contributed by atoms with Gasteiger partial charge in [0.05, 0.1) is 32.0 Å². The van der Waals surface area contributed by atoms with Crippen molar-refractivity contribution in [3.63, 3.8) is 0 Å². The predicted molar refractivity (Wildman–Crippen MR) is 65.3 cm³/mol. The summed E-state index contributed by atoms with van der Waals surface area (Å²) in [5.41, 5.74) is 0.785. The molecule has 0 radical (unpaired) electrons. The third-order valence-corrected chi connectivity index (χ3v) is 2.41. The van der Waals surface area contributed by atoms with Crippen LogP contribution in [0.1, 0.15) is 6.92 Å². The zero-order valence-corrected chi connectivity index (χ0v) is 10.6. The first kappa shape index (κ1) is 12.8. The Morgan fingerprint density at radius 1 is 1.06 bits per heavy atom. The van der Waals surface area contributed by atoms with E-state index in [0.29, 0.717) is 22.3 Å². The molecule has 5 heteroatoms. The van der Waals surface area contributed by atoms with Gasteiger partial charge >= 0.3 is 0 Å². The van der Waals surface area contributed by atoms with Crippen LogP contribution >= 0.6 is 11.6 Å². The van der Waals surface area contributed by atoms with E-state index in [4.69, 9.17) is 25.8 Å². The van der Waals surface area contributed by atoms with Crippen LogP contribution in [-0.4, -0.2) is 27.9 Å². The summed E-state index contributed by atoms with van der Waals surface area (Å²) in [4.78, 5) is 0. The Morgan fingerprint density at radius 2 is 1.62 bits per heavy atom. The highest BCUT2D eigenvalue weighted by Crippen LogP contribution is 2.47. The first-order valence-electron chi connectivity index (χ1n) is 4.91. The average molecular weight is 246 g/mol. The Labute approximate surface area is 100 Å². The van der Waals surface area contributed by atoms with E-state index in [1.54, 1.807) is 20.3 Å². The molecule has 0 saturated carbocycles. The van der Waals surface area contributed by atoms with Crippen LogP contribution in [0, 0.1) is 0 Å². The molecule has 0 aliphatic carbocycles. The summed E-state index contributed by atoms with van der Waals surface area (Å²) in [5.74, 6) is 1.56. The van der Waals surface area contributed by atoms with Crippen molar-refractivity contribution in [3.8, 4) is 17.2 Å². The topological polar surface area (TPSA) is 39.7 Å². The molecule has 90 valence electrons. The van der Waals surface area contributed by atoms with Crippen molar-refractivity contribution in [2.24, 2.45) is 0 Å². The Bertz CT molecular complexity index is 369. The van der Waals surface area contributed by atoms with Crippen molar-refractivity contribution in [2.45, 2.75) is 6.92 Å². The van der Waals surface area contributed by atoms with Gasteiger partial charge in [-0.1, -0.05) is 11.6 Å². The number of nitrogens with one attached hydrogen (secondary N) is 1. The molecule has 0 aromatic heterocycles. The highest BCUT2D eigenvalue weighted by molar-refractivity contribution is 6.32. The summed E-state index contributed by atoms with van der Waals surface area (Å²) >= 11 is 6.08. The van der Waals surface area contributed by atoms with E-state index in [1.807, 2.05) is 6.92 Å². The summed E-state index contributed by atoms with van der Waals surface area (Å²) in [6.07, 6.45) is 0. The van der Waals surface area contributed by atoms with Crippen LogP contribution in [0.5, 0.6) is 17.2 Å². The van der Waals surface area contributed by atoms with Gasteiger partial charge in [0.1, 0.15) is 0 Å². The van der Waals surface area contributed by atoms with Gasteiger partial charge in [0.25, 0.3) is 0 Å². The zero-order chi connectivity index (χ0) is 12.1. The van der Waals surface area contributed by atoms with Crippen LogP contribution in [0.3, 0.4) is 0 Å². The number of ether oxygens (including phenoxy) is 3. The molecular formula is C11H16ClNO3. The minimum atomic E-state index is 0.475. The van der Waals surface area contributed by atoms with E-state index in [0.717, 1.165) is 12.2 Å². The molecule has 1 aromatic carbocycles. The Kier molecular flexibility index (Phi) is 4.55. The lowest BCUT2D eigenvalue weighted by Gasteiger charge is -2.17. The second-order valence-electron chi connectivity index (χ2n) is 3.04. The molecule has 0 bridgehead atoms. The lowest BCUT2D eigenvalue weighted by atomic mass is 10.2. The Hall–Kier alpha value is -1.29. The van der Waals surface area contributed by atoms with Gasteiger partial charge in [-0.05, 0) is 13.0 Å². The number of methoxy groups -OCH3 is 3. The largest absolute Gasteiger partial charge is 0.491 e. The van der Waals surface area contributed by atoms with Crippen LogP contribution in [0.15, 0.2) is 6.07 Å². The van der Waals surface area contributed by atoms with Crippen LogP contribution in [-0.2, 0) is 0 Å². The summed E-state index contributed by atoms with van der Waals surface area (Å²) in [5, 5.41) is 3.63. The Morgan fingerprint density at radius 3 is 2.06 bits per heavy atom. The van der Waals surface area contributed by atoms with Gasteiger partial charge in [-0.25, -0.2) is 0 Å². The molecular weight excluding hydrogens is 230 g/mol. The van der Waals surface area contributed by atoms with Crippen molar-refractivity contribution < 1.29 is 14.2 Å². The molecule has 0 amide bonds. The van der Waals surface area contributed by atoms with E-state index in [1.165, 1.54) is 7.11 Å². The highest BCUT2D eigenvalue weighted by Gasteiger charge is 2.19. The molecule has 0 spiro atoms. The fraction of sp³-hybridized carbons (Fsp3) is 0.455. The molecule has 1 N–H and O–H groups in total. The normalized spacial score (nSPS) is 9.81. The second kappa shape index (κ2) is 5.70. The molecule has 1 aromatic rings. The molecule has 0 fully saturated rings. The minimum absolute atomic E-state index is 0.475. The number of anilines is 1. The second-order valence-corrected chi connectivity index (χ2v) is 3.44. The van der Waals surface area contributed by atoms with Crippen molar-refractivity contribution >= 4 is 17.3 Å². The van der Waals surface area contributed by atoms with Gasteiger partial charge in [-0.15, -0.1) is 0 Å². The van der Waals surface area contributed by atoms with Crippen molar-refractivity contribution in [2.75, 3.05) is 33.2 Å². The predicted octanol–water partition coefficient (Wildman–Crippen LogP) is 2.80. The fourth-order valence-corrected chi connectivity index (χ4v) is 1.76. The standard InChI is InChI=1S/C11H16ClNO3/c1-5-13-8-6-7(12)9(14-2)11(16-4)10(8)15-3/h6,13H,5H2,1-4H3. The van der Waals surface area contributed by atoms with Crippen molar-refractivity contribution in [1.82, 2.24) is 0 Å². The third-order valence-electron chi connectivity index (χ3n) is 2.12. The van der Waals surface area contributed by atoms with Gasteiger partial charge in [-0.3, -0.25) is 0 Å². The number of benzene rings is 1. The minimum Gasteiger partial charge on any atom is -0.491 e. The van der Waals surface area contributed by atoms with Crippen LogP contribution in [0.25, 0.3) is 0 Å². The van der Waals surface area contributed by atoms with Crippen molar-refractivity contribution in [3.05, 3.63) is 11.1 Å². The number of rotatable bonds is 5. The lowest BCUT2D eigenvalue weighted by Crippen LogP contribution is -2.03. The molecule has 1 rings (SSSR count). The van der Waals surface area contributed by atoms with Gasteiger partial charge in [-0.2, -0.15) is 0 Å². The number of halogens is 1. The molecule has 0 aliphatic rings. The average Bonchev–Trinajstić information content (AvgIpc) is 2.28. The Balaban J connectivity index is 3.37. The molecule has 4 nitrogen and oxygen atoms in total. The van der Waals surface area contributed by atoms with E-state index in [-0.39, 0.29) is 0 Å². The third kappa shape index (κ3) is 2.27. The highest BCUT2D eigenvalue weighted by atomic mass is 35.5. The lowest BCUT2D eigenvalue weighted by molar-refractivity contribution is 0.325.